The number of carboxylic acid groups (broad SMARTS) is 1. The maximum Gasteiger partial charge on any atom is 0.321 e. The number of nitro groups is 1. The number of nitrogens with one attached hydrogen (secondary N) is 1. The zero-order valence-electron chi connectivity index (χ0n) is 13.9. The molecular weight excluding hydrogens is 354 g/mol. The molecule has 1 aromatic rings. The number of carboxylic acids is 1. The number of nitro benzene ring substituents is 1. The highest BCUT2D eigenvalue weighted by atomic mass is 32.2. The molecule has 10 nitrogen and oxygen atoms in total. The summed E-state index contributed by atoms with van der Waals surface area (Å²) in [7, 11) is -4.23. The fourth-order valence-corrected chi connectivity index (χ4v) is 3.79. The Morgan fingerprint density at radius 3 is 2.44 bits per heavy atom. The number of nitrogens with zero attached hydrogens (tertiary/aromatic N) is 2. The van der Waals surface area contributed by atoms with Crippen LogP contribution in [0.5, 0.6) is 0 Å². The van der Waals surface area contributed by atoms with Gasteiger partial charge >= 0.3 is 5.97 Å². The first kappa shape index (κ1) is 20.5. The second kappa shape index (κ2) is 8.03. The zero-order valence-corrected chi connectivity index (χ0v) is 14.7. The molecule has 2 N–H and O–H groups in total. The number of aryl methyl sites for hydroxylation is 1. The lowest BCUT2D eigenvalue weighted by Gasteiger charge is -2.26. The third kappa shape index (κ3) is 4.97. The number of amides is 1. The smallest absolute Gasteiger partial charge is 0.321 e. The van der Waals surface area contributed by atoms with Gasteiger partial charge in [-0.3, -0.25) is 19.7 Å². The van der Waals surface area contributed by atoms with Crippen LogP contribution in [0.2, 0.25) is 0 Å². The van der Waals surface area contributed by atoms with E-state index in [2.05, 4.69) is 5.32 Å². The van der Waals surface area contributed by atoms with Gasteiger partial charge in [-0.15, -0.1) is 0 Å². The summed E-state index contributed by atoms with van der Waals surface area (Å²) in [6.45, 7) is 3.51. The first-order valence-electron chi connectivity index (χ1n) is 7.22. The highest BCUT2D eigenvalue weighted by molar-refractivity contribution is 7.89. The number of aliphatic carboxylic acids is 1. The monoisotopic (exact) mass is 373 g/mol. The molecule has 1 aromatic carbocycles. The van der Waals surface area contributed by atoms with Crippen molar-refractivity contribution in [3.63, 3.8) is 0 Å². The van der Waals surface area contributed by atoms with Gasteiger partial charge in [0.05, 0.1) is 9.82 Å². The molecule has 0 aromatic heterocycles. The molecular formula is C14H19N3O7S. The minimum absolute atomic E-state index is 0.0713. The van der Waals surface area contributed by atoms with E-state index in [4.69, 9.17) is 5.11 Å². The van der Waals surface area contributed by atoms with Crippen LogP contribution in [0.3, 0.4) is 0 Å². The van der Waals surface area contributed by atoms with E-state index in [1.54, 1.807) is 0 Å². The van der Waals surface area contributed by atoms with Crippen molar-refractivity contribution in [3.05, 3.63) is 33.9 Å². The highest BCUT2D eigenvalue weighted by Crippen LogP contribution is 2.24. The standard InChI is InChI=1S/C14H19N3O7S/c1-9-8-12(4-5-13(9)17(21)22)25(23,24)16(10(2)14(19)20)7-6-15-11(3)18/h4-5,8,10H,6-7H2,1-3H3,(H,15,18)(H,19,20). The molecule has 0 aliphatic heterocycles. The van der Waals surface area contributed by atoms with Crippen molar-refractivity contribution in [2.45, 2.75) is 31.7 Å². The molecule has 1 unspecified atom stereocenters. The Hall–Kier alpha value is -2.53. The topological polar surface area (TPSA) is 147 Å². The predicted molar refractivity (Wildman–Crippen MR) is 87.5 cm³/mol. The van der Waals surface area contributed by atoms with Gasteiger partial charge in [0.15, 0.2) is 0 Å². The lowest BCUT2D eigenvalue weighted by molar-refractivity contribution is -0.385. The fraction of sp³-hybridized carbons (Fsp3) is 0.429. The molecule has 138 valence electrons. The van der Waals surface area contributed by atoms with E-state index in [1.165, 1.54) is 20.8 Å². The van der Waals surface area contributed by atoms with Gasteiger partial charge in [0.2, 0.25) is 15.9 Å². The quantitative estimate of drug-likeness (QED) is 0.498. The van der Waals surface area contributed by atoms with Gasteiger partial charge in [-0.05, 0) is 26.0 Å². The number of rotatable bonds is 8. The molecule has 1 rings (SSSR count). The molecule has 0 saturated carbocycles. The van der Waals surface area contributed by atoms with Gasteiger partial charge in [-0.2, -0.15) is 4.31 Å². The molecule has 0 heterocycles. The van der Waals surface area contributed by atoms with Crippen molar-refractivity contribution in [2.24, 2.45) is 0 Å². The first-order valence-corrected chi connectivity index (χ1v) is 8.66. The minimum Gasteiger partial charge on any atom is -0.480 e. The Kier molecular flexibility index (Phi) is 6.59. The van der Waals surface area contributed by atoms with E-state index >= 15 is 0 Å². The van der Waals surface area contributed by atoms with Crippen molar-refractivity contribution < 1.29 is 28.0 Å². The summed E-state index contributed by atoms with van der Waals surface area (Å²) in [6.07, 6.45) is 0. The van der Waals surface area contributed by atoms with Crippen LogP contribution in [0.1, 0.15) is 19.4 Å². The Morgan fingerprint density at radius 2 is 2.00 bits per heavy atom. The average molecular weight is 373 g/mol. The predicted octanol–water partition coefficient (Wildman–Crippen LogP) is 0.503. The van der Waals surface area contributed by atoms with E-state index in [0.29, 0.717) is 0 Å². The van der Waals surface area contributed by atoms with Crippen LogP contribution < -0.4 is 5.32 Å². The van der Waals surface area contributed by atoms with E-state index < -0.39 is 27.0 Å². The Labute approximate surface area is 144 Å². The second-order valence-electron chi connectivity index (χ2n) is 5.32. The van der Waals surface area contributed by atoms with Crippen molar-refractivity contribution in [1.82, 2.24) is 9.62 Å². The summed E-state index contributed by atoms with van der Waals surface area (Å²) in [4.78, 5) is 32.1. The van der Waals surface area contributed by atoms with Gasteiger partial charge in [-0.1, -0.05) is 0 Å². The SMILES string of the molecule is CC(=O)NCCN(C(C)C(=O)O)S(=O)(=O)c1ccc([N+](=O)[O-])c(C)c1. The Morgan fingerprint density at radius 1 is 1.40 bits per heavy atom. The van der Waals surface area contributed by atoms with Crippen LogP contribution in [0.25, 0.3) is 0 Å². The van der Waals surface area contributed by atoms with Gasteiger partial charge in [0.1, 0.15) is 6.04 Å². The summed E-state index contributed by atoms with van der Waals surface area (Å²) in [5.74, 6) is -1.74. The summed E-state index contributed by atoms with van der Waals surface area (Å²) in [6, 6.07) is 1.85. The summed E-state index contributed by atoms with van der Waals surface area (Å²) < 4.78 is 26.3. The molecule has 0 spiro atoms. The molecule has 0 saturated heterocycles. The minimum atomic E-state index is -4.23. The number of sulfonamides is 1. The van der Waals surface area contributed by atoms with Crippen LogP contribution in [-0.2, 0) is 19.6 Å². The summed E-state index contributed by atoms with van der Waals surface area (Å²) in [5.41, 5.74) is -0.106. The van der Waals surface area contributed by atoms with Crippen LogP contribution in [0.15, 0.2) is 23.1 Å². The number of benzene rings is 1. The molecule has 0 radical (unpaired) electrons. The summed E-state index contributed by atoms with van der Waals surface area (Å²) >= 11 is 0. The van der Waals surface area contributed by atoms with Crippen LogP contribution in [-0.4, -0.2) is 53.8 Å². The van der Waals surface area contributed by atoms with Crippen LogP contribution in [0, 0.1) is 17.0 Å². The van der Waals surface area contributed by atoms with Gasteiger partial charge in [0.25, 0.3) is 5.69 Å². The normalized spacial score (nSPS) is 12.6. The fourth-order valence-electron chi connectivity index (χ4n) is 2.12. The van der Waals surface area contributed by atoms with E-state index in [1.807, 2.05) is 0 Å². The van der Waals surface area contributed by atoms with Gasteiger partial charge in [0, 0.05) is 31.6 Å². The number of hydrogen-bond donors (Lipinski definition) is 2. The van der Waals surface area contributed by atoms with Crippen molar-refractivity contribution >= 4 is 27.6 Å². The Bertz CT molecular complexity index is 792. The van der Waals surface area contributed by atoms with E-state index in [0.717, 1.165) is 22.5 Å². The number of hydrogen-bond acceptors (Lipinski definition) is 6. The second-order valence-corrected chi connectivity index (χ2v) is 7.21. The molecule has 0 bridgehead atoms. The maximum atomic E-state index is 12.8. The average Bonchev–Trinajstić information content (AvgIpc) is 2.49. The largest absolute Gasteiger partial charge is 0.480 e. The molecule has 1 atom stereocenters. The molecule has 0 aliphatic carbocycles. The Balaban J connectivity index is 3.26. The van der Waals surface area contributed by atoms with E-state index in [-0.39, 0.29) is 35.1 Å². The highest BCUT2D eigenvalue weighted by Gasteiger charge is 2.33. The third-order valence-corrected chi connectivity index (χ3v) is 5.43. The van der Waals surface area contributed by atoms with Crippen molar-refractivity contribution in [2.75, 3.05) is 13.1 Å². The lowest BCUT2D eigenvalue weighted by atomic mass is 10.2. The van der Waals surface area contributed by atoms with Crippen LogP contribution in [0.4, 0.5) is 5.69 Å². The molecule has 0 aliphatic rings. The molecule has 11 heteroatoms. The van der Waals surface area contributed by atoms with Gasteiger partial charge in [-0.25, -0.2) is 8.42 Å². The van der Waals surface area contributed by atoms with Gasteiger partial charge < -0.3 is 10.4 Å². The summed E-state index contributed by atoms with van der Waals surface area (Å²) in [5, 5.41) is 22.4. The molecule has 25 heavy (non-hydrogen) atoms. The molecule has 1 amide bonds. The van der Waals surface area contributed by atoms with Crippen molar-refractivity contribution in [3.8, 4) is 0 Å². The lowest BCUT2D eigenvalue weighted by Crippen LogP contribution is -2.46. The van der Waals surface area contributed by atoms with Crippen molar-refractivity contribution in [1.29, 1.82) is 0 Å². The zero-order chi connectivity index (χ0) is 19.4. The number of carbonyl (C=O) groups excluding carboxylic acids is 1. The maximum absolute atomic E-state index is 12.8. The van der Waals surface area contributed by atoms with E-state index in [9.17, 15) is 28.1 Å². The number of carbonyl (C=O) groups is 2. The third-order valence-electron chi connectivity index (χ3n) is 3.47. The van der Waals surface area contributed by atoms with Crippen LogP contribution >= 0.6 is 0 Å². The molecule has 0 fully saturated rings. The first-order chi connectivity index (χ1) is 11.5.